The fourth-order valence-electron chi connectivity index (χ4n) is 0.846. The van der Waals surface area contributed by atoms with Crippen LogP contribution in [0.2, 0.25) is 0 Å². The van der Waals surface area contributed by atoms with Gasteiger partial charge in [-0.15, -0.1) is 6.58 Å². The third-order valence-electron chi connectivity index (χ3n) is 1.55. The van der Waals surface area contributed by atoms with Crippen LogP contribution in [-0.2, 0) is 11.9 Å². The van der Waals surface area contributed by atoms with Gasteiger partial charge in [-0.1, -0.05) is 18.3 Å². The van der Waals surface area contributed by atoms with Gasteiger partial charge in [-0.25, -0.2) is 5.48 Å². The Morgan fingerprint density at radius 3 is 3.14 bits per heavy atom. The van der Waals surface area contributed by atoms with Crippen LogP contribution in [-0.4, -0.2) is 22.3 Å². The number of hydrogen-bond acceptors (Lipinski definition) is 3. The van der Waals surface area contributed by atoms with Crippen molar-refractivity contribution in [3.05, 3.63) is 29.1 Å². The Morgan fingerprint density at radius 2 is 2.64 bits per heavy atom. The average molecular weight is 213 g/mol. The molecule has 0 aliphatic carbocycles. The Balaban J connectivity index is 2.66. The summed E-state index contributed by atoms with van der Waals surface area (Å²) >= 11 is 4.98. The van der Waals surface area contributed by atoms with Crippen molar-refractivity contribution in [2.45, 2.75) is 0 Å². The lowest BCUT2D eigenvalue weighted by atomic mass is 10.3. The number of rotatable bonds is 4. The lowest BCUT2D eigenvalue weighted by Crippen LogP contribution is -2.23. The summed E-state index contributed by atoms with van der Waals surface area (Å²) in [6.45, 7) is 3.70. The fourth-order valence-corrected chi connectivity index (χ4v) is 1.05. The SMILES string of the molecule is C=CCONC(=O)c1c[nH]n(C)c1=S. The predicted molar refractivity (Wildman–Crippen MR) is 54.2 cm³/mol. The van der Waals surface area contributed by atoms with E-state index in [1.807, 2.05) is 0 Å². The Bertz CT molecular complexity index is 394. The lowest BCUT2D eigenvalue weighted by molar-refractivity contribution is 0.0421. The number of aryl methyl sites for hydroxylation is 1. The first-order valence-electron chi connectivity index (χ1n) is 3.94. The molecule has 0 unspecified atom stereocenters. The first kappa shape index (κ1) is 10.7. The van der Waals surface area contributed by atoms with Crippen LogP contribution in [0.5, 0.6) is 0 Å². The van der Waals surface area contributed by atoms with E-state index >= 15 is 0 Å². The zero-order chi connectivity index (χ0) is 10.6. The van der Waals surface area contributed by atoms with Gasteiger partial charge in [-0.2, -0.15) is 0 Å². The topological polar surface area (TPSA) is 59.0 Å². The van der Waals surface area contributed by atoms with Crippen LogP contribution in [0, 0.1) is 4.64 Å². The number of hydrogen-bond donors (Lipinski definition) is 2. The number of nitrogens with one attached hydrogen (secondary N) is 2. The highest BCUT2D eigenvalue weighted by Crippen LogP contribution is 2.00. The molecule has 76 valence electrons. The fraction of sp³-hybridized carbons (Fsp3) is 0.250. The molecule has 1 rings (SSSR count). The quantitative estimate of drug-likeness (QED) is 0.338. The van der Waals surface area contributed by atoms with Crippen molar-refractivity contribution in [1.82, 2.24) is 15.3 Å². The number of carbonyl (C=O) groups is 1. The summed E-state index contributed by atoms with van der Waals surface area (Å²) in [5.41, 5.74) is 2.62. The smallest absolute Gasteiger partial charge is 0.279 e. The molecule has 0 fully saturated rings. The van der Waals surface area contributed by atoms with E-state index in [1.54, 1.807) is 11.7 Å². The molecule has 0 radical (unpaired) electrons. The van der Waals surface area contributed by atoms with E-state index in [9.17, 15) is 4.79 Å². The molecule has 14 heavy (non-hydrogen) atoms. The molecule has 0 aromatic carbocycles. The molecule has 0 spiro atoms. The van der Waals surface area contributed by atoms with E-state index in [1.165, 1.54) is 12.3 Å². The minimum atomic E-state index is -0.367. The maximum absolute atomic E-state index is 11.4. The molecule has 2 N–H and O–H groups in total. The molecule has 1 heterocycles. The van der Waals surface area contributed by atoms with Crippen LogP contribution in [0.1, 0.15) is 10.4 Å². The molecule has 1 aromatic heterocycles. The van der Waals surface area contributed by atoms with Crippen molar-refractivity contribution in [3.63, 3.8) is 0 Å². The Kier molecular flexibility index (Phi) is 3.61. The van der Waals surface area contributed by atoms with Crippen LogP contribution in [0.25, 0.3) is 0 Å². The van der Waals surface area contributed by atoms with Gasteiger partial charge in [0.25, 0.3) is 5.91 Å². The normalized spacial score (nSPS) is 9.79. The highest BCUT2D eigenvalue weighted by molar-refractivity contribution is 7.71. The van der Waals surface area contributed by atoms with Crippen molar-refractivity contribution in [2.24, 2.45) is 7.05 Å². The number of nitrogens with zero attached hydrogens (tertiary/aromatic N) is 1. The van der Waals surface area contributed by atoms with Gasteiger partial charge in [-0.3, -0.25) is 14.3 Å². The number of hydroxylamine groups is 1. The number of H-pyrrole nitrogens is 1. The number of carbonyl (C=O) groups excluding carboxylic acids is 1. The van der Waals surface area contributed by atoms with Crippen LogP contribution < -0.4 is 5.48 Å². The molecule has 0 atom stereocenters. The third kappa shape index (κ3) is 2.30. The summed E-state index contributed by atoms with van der Waals surface area (Å²) in [5.74, 6) is -0.367. The van der Waals surface area contributed by atoms with Crippen LogP contribution in [0.3, 0.4) is 0 Å². The van der Waals surface area contributed by atoms with E-state index in [4.69, 9.17) is 17.1 Å². The highest BCUT2D eigenvalue weighted by atomic mass is 32.1. The molecule has 0 aliphatic heterocycles. The van der Waals surface area contributed by atoms with Gasteiger partial charge in [0.1, 0.15) is 4.64 Å². The summed E-state index contributed by atoms with van der Waals surface area (Å²) in [6, 6.07) is 0. The van der Waals surface area contributed by atoms with Crippen molar-refractivity contribution in [3.8, 4) is 0 Å². The van der Waals surface area contributed by atoms with Crippen molar-refractivity contribution in [2.75, 3.05) is 6.61 Å². The Morgan fingerprint density at radius 1 is 1.93 bits per heavy atom. The molecule has 0 saturated carbocycles. The largest absolute Gasteiger partial charge is 0.304 e. The van der Waals surface area contributed by atoms with Crippen LogP contribution in [0.4, 0.5) is 0 Å². The summed E-state index contributed by atoms with van der Waals surface area (Å²) in [5, 5.41) is 2.78. The van der Waals surface area contributed by atoms with E-state index in [-0.39, 0.29) is 12.5 Å². The maximum atomic E-state index is 11.4. The van der Waals surface area contributed by atoms with Gasteiger partial charge in [0.05, 0.1) is 12.2 Å². The van der Waals surface area contributed by atoms with E-state index in [0.717, 1.165) is 0 Å². The van der Waals surface area contributed by atoms with Gasteiger partial charge >= 0.3 is 0 Å². The van der Waals surface area contributed by atoms with E-state index in [0.29, 0.717) is 10.2 Å². The molecular formula is C8H11N3O2S. The van der Waals surface area contributed by atoms with Crippen molar-refractivity contribution in [1.29, 1.82) is 0 Å². The van der Waals surface area contributed by atoms with Crippen molar-refractivity contribution >= 4 is 18.1 Å². The molecule has 0 bridgehead atoms. The van der Waals surface area contributed by atoms with Gasteiger partial charge in [0.15, 0.2) is 0 Å². The third-order valence-corrected chi connectivity index (χ3v) is 2.04. The summed E-state index contributed by atoms with van der Waals surface area (Å²) < 4.78 is 2.00. The minimum absolute atomic E-state index is 0.259. The monoisotopic (exact) mass is 213 g/mol. The van der Waals surface area contributed by atoms with Crippen LogP contribution in [0.15, 0.2) is 18.9 Å². The number of amides is 1. The first-order valence-corrected chi connectivity index (χ1v) is 4.35. The maximum Gasteiger partial charge on any atom is 0.279 e. The van der Waals surface area contributed by atoms with Gasteiger partial charge < -0.3 is 5.10 Å². The minimum Gasteiger partial charge on any atom is -0.304 e. The molecule has 1 amide bonds. The first-order chi connectivity index (χ1) is 6.66. The van der Waals surface area contributed by atoms with Gasteiger partial charge in [0.2, 0.25) is 0 Å². The molecule has 6 heteroatoms. The molecular weight excluding hydrogens is 202 g/mol. The average Bonchev–Trinajstić information content (AvgIpc) is 2.48. The molecule has 1 aromatic rings. The number of aromatic amines is 1. The summed E-state index contributed by atoms with van der Waals surface area (Å²) in [7, 11) is 1.73. The molecule has 0 saturated heterocycles. The standard InChI is InChI=1S/C8H11N3O2S/c1-3-4-13-10-7(12)6-5-9-11(2)8(6)14/h3,5,9H,1,4H2,2H3,(H,10,12). The van der Waals surface area contributed by atoms with E-state index in [2.05, 4.69) is 17.2 Å². The summed E-state index contributed by atoms with van der Waals surface area (Å²) in [6.07, 6.45) is 3.06. The summed E-state index contributed by atoms with van der Waals surface area (Å²) in [4.78, 5) is 16.2. The zero-order valence-corrected chi connectivity index (χ0v) is 8.56. The zero-order valence-electron chi connectivity index (χ0n) is 7.74. The second-order valence-electron chi connectivity index (χ2n) is 2.58. The lowest BCUT2D eigenvalue weighted by Gasteiger charge is -2.00. The second kappa shape index (κ2) is 4.73. The van der Waals surface area contributed by atoms with Crippen molar-refractivity contribution < 1.29 is 9.63 Å². The molecule has 0 aliphatic rings. The van der Waals surface area contributed by atoms with Gasteiger partial charge in [0, 0.05) is 13.2 Å². The highest BCUT2D eigenvalue weighted by Gasteiger charge is 2.09. The Hall–Kier alpha value is -1.40. The number of aromatic nitrogens is 2. The van der Waals surface area contributed by atoms with Gasteiger partial charge in [-0.05, 0) is 0 Å². The van der Waals surface area contributed by atoms with Crippen LogP contribution >= 0.6 is 12.2 Å². The van der Waals surface area contributed by atoms with E-state index < -0.39 is 0 Å². The second-order valence-corrected chi connectivity index (χ2v) is 2.97. The molecule has 5 nitrogen and oxygen atoms in total. The Labute approximate surface area is 86.3 Å². The predicted octanol–water partition coefficient (Wildman–Crippen LogP) is 0.930.